The molecule has 4 rings (SSSR count). The van der Waals surface area contributed by atoms with E-state index in [2.05, 4.69) is 5.32 Å². The standard InChI is InChI=1S/C26H29ClFN3O3/c1-15(2)23-9-8-17(14-32)31(23)25(33)11-16-10-20(27)22(12-21(16)28)29-26(34)19-13-30(3)24-7-5-4-6-18(19)24/h4-7,10,12-13,15,17,23,32H,8-9,11,14H2,1-3H3,(H,29,34)/t17-,23+/m0/s1. The van der Waals surface area contributed by atoms with Gasteiger partial charge in [-0.15, -0.1) is 0 Å². The molecule has 6 nitrogen and oxygen atoms in total. The van der Waals surface area contributed by atoms with E-state index in [1.807, 2.05) is 49.7 Å². The van der Waals surface area contributed by atoms with Crippen LogP contribution >= 0.6 is 11.6 Å². The maximum Gasteiger partial charge on any atom is 0.257 e. The molecule has 1 aromatic heterocycles. The lowest BCUT2D eigenvalue weighted by molar-refractivity contribution is -0.135. The van der Waals surface area contributed by atoms with Crippen LogP contribution in [0, 0.1) is 11.7 Å². The third-order valence-electron chi connectivity index (χ3n) is 6.68. The van der Waals surface area contributed by atoms with Gasteiger partial charge in [0, 0.05) is 30.2 Å². The van der Waals surface area contributed by atoms with E-state index in [-0.39, 0.29) is 53.2 Å². The van der Waals surface area contributed by atoms with E-state index in [0.29, 0.717) is 5.56 Å². The molecular weight excluding hydrogens is 457 g/mol. The van der Waals surface area contributed by atoms with Gasteiger partial charge < -0.3 is 19.9 Å². The molecule has 2 aromatic carbocycles. The number of rotatable bonds is 6. The number of fused-ring (bicyclic) bond motifs is 1. The first-order valence-electron chi connectivity index (χ1n) is 11.5. The fourth-order valence-electron chi connectivity index (χ4n) is 4.92. The summed E-state index contributed by atoms with van der Waals surface area (Å²) in [5.74, 6) is -1.02. The van der Waals surface area contributed by atoms with Crippen LogP contribution in [0.5, 0.6) is 0 Å². The molecule has 0 bridgehead atoms. The van der Waals surface area contributed by atoms with E-state index in [1.165, 1.54) is 6.07 Å². The Kier molecular flexibility index (Phi) is 6.96. The van der Waals surface area contributed by atoms with E-state index < -0.39 is 11.7 Å². The summed E-state index contributed by atoms with van der Waals surface area (Å²) in [5, 5.41) is 13.3. The number of carbonyl (C=O) groups excluding carboxylic acids is 2. The number of nitrogens with one attached hydrogen (secondary N) is 1. The van der Waals surface area contributed by atoms with Gasteiger partial charge in [-0.25, -0.2) is 4.39 Å². The highest BCUT2D eigenvalue weighted by Crippen LogP contribution is 2.32. The summed E-state index contributed by atoms with van der Waals surface area (Å²) in [6.45, 7) is 3.96. The summed E-state index contributed by atoms with van der Waals surface area (Å²) >= 11 is 6.38. The molecule has 1 fully saturated rings. The predicted molar refractivity (Wildman–Crippen MR) is 132 cm³/mol. The van der Waals surface area contributed by atoms with Crippen LogP contribution in [-0.2, 0) is 18.3 Å². The number of anilines is 1. The first kappa shape index (κ1) is 24.2. The van der Waals surface area contributed by atoms with Crippen LogP contribution in [0.2, 0.25) is 5.02 Å². The van der Waals surface area contributed by atoms with Crippen molar-refractivity contribution in [2.45, 2.75) is 45.2 Å². The third kappa shape index (κ3) is 4.55. The molecular formula is C26H29ClFN3O3. The average molecular weight is 486 g/mol. The fraction of sp³-hybridized carbons (Fsp3) is 0.385. The maximum absolute atomic E-state index is 15.0. The van der Waals surface area contributed by atoms with Crippen LogP contribution in [0.1, 0.15) is 42.6 Å². The Balaban J connectivity index is 1.54. The van der Waals surface area contributed by atoms with Gasteiger partial charge in [0.15, 0.2) is 0 Å². The molecule has 2 N–H and O–H groups in total. The molecule has 2 atom stereocenters. The number of halogens is 2. The number of amides is 2. The van der Waals surface area contributed by atoms with Crippen LogP contribution in [0.15, 0.2) is 42.6 Å². The van der Waals surface area contributed by atoms with Gasteiger partial charge in [0.2, 0.25) is 5.91 Å². The number of hydrogen-bond donors (Lipinski definition) is 2. The van der Waals surface area contributed by atoms with Crippen LogP contribution in [0.4, 0.5) is 10.1 Å². The molecule has 2 heterocycles. The van der Waals surface area contributed by atoms with Crippen molar-refractivity contribution in [3.05, 3.63) is 64.6 Å². The number of aliphatic hydroxyl groups excluding tert-OH is 1. The van der Waals surface area contributed by atoms with E-state index in [0.717, 1.165) is 29.8 Å². The quantitative estimate of drug-likeness (QED) is 0.528. The van der Waals surface area contributed by atoms with E-state index in [9.17, 15) is 19.1 Å². The van der Waals surface area contributed by atoms with Gasteiger partial charge in [0.25, 0.3) is 5.91 Å². The van der Waals surface area contributed by atoms with Gasteiger partial charge in [0.1, 0.15) is 5.82 Å². The highest BCUT2D eigenvalue weighted by atomic mass is 35.5. The summed E-state index contributed by atoms with van der Waals surface area (Å²) in [4.78, 5) is 27.7. The van der Waals surface area contributed by atoms with Crippen molar-refractivity contribution in [1.82, 2.24) is 9.47 Å². The second-order valence-electron chi connectivity index (χ2n) is 9.25. The molecule has 1 aliphatic heterocycles. The second kappa shape index (κ2) is 9.76. The zero-order chi connectivity index (χ0) is 24.6. The first-order valence-corrected chi connectivity index (χ1v) is 11.8. The molecule has 1 saturated heterocycles. The minimum atomic E-state index is -0.619. The SMILES string of the molecule is CC(C)[C@H]1CC[C@@H](CO)N1C(=O)Cc1cc(Cl)c(NC(=O)c2cn(C)c3ccccc23)cc1F. The van der Waals surface area contributed by atoms with Gasteiger partial charge in [0.05, 0.1) is 35.3 Å². The van der Waals surface area contributed by atoms with Crippen LogP contribution in [0.25, 0.3) is 10.9 Å². The molecule has 0 aliphatic carbocycles. The van der Waals surface area contributed by atoms with Crippen molar-refractivity contribution in [3.8, 4) is 0 Å². The molecule has 0 saturated carbocycles. The van der Waals surface area contributed by atoms with Crippen molar-refractivity contribution >= 4 is 40.0 Å². The number of nitrogens with zero attached hydrogens (tertiary/aromatic N) is 2. The minimum Gasteiger partial charge on any atom is -0.394 e. The van der Waals surface area contributed by atoms with Crippen LogP contribution in [-0.4, -0.2) is 45.1 Å². The highest BCUT2D eigenvalue weighted by molar-refractivity contribution is 6.34. The zero-order valence-corrected chi connectivity index (χ0v) is 20.3. The highest BCUT2D eigenvalue weighted by Gasteiger charge is 2.38. The molecule has 2 amide bonds. The Labute approximate surface area is 203 Å². The number of carbonyl (C=O) groups is 2. The summed E-state index contributed by atoms with van der Waals surface area (Å²) in [5.41, 5.74) is 1.66. The molecule has 3 aromatic rings. The Morgan fingerprint density at radius 3 is 2.68 bits per heavy atom. The Hall–Kier alpha value is -2.90. The van der Waals surface area contributed by atoms with E-state index in [1.54, 1.807) is 11.1 Å². The Morgan fingerprint density at radius 1 is 1.24 bits per heavy atom. The molecule has 0 unspecified atom stereocenters. The van der Waals surface area contributed by atoms with Crippen LogP contribution < -0.4 is 5.32 Å². The molecule has 8 heteroatoms. The lowest BCUT2D eigenvalue weighted by Crippen LogP contribution is -2.45. The number of para-hydroxylation sites is 1. The van der Waals surface area contributed by atoms with Crippen LogP contribution in [0.3, 0.4) is 0 Å². The Morgan fingerprint density at radius 2 is 1.97 bits per heavy atom. The fourth-order valence-corrected chi connectivity index (χ4v) is 5.15. The van der Waals surface area contributed by atoms with Crippen molar-refractivity contribution in [2.75, 3.05) is 11.9 Å². The smallest absolute Gasteiger partial charge is 0.257 e. The lowest BCUT2D eigenvalue weighted by atomic mass is 10.0. The number of aromatic nitrogens is 1. The maximum atomic E-state index is 15.0. The second-order valence-corrected chi connectivity index (χ2v) is 9.66. The van der Waals surface area contributed by atoms with E-state index >= 15 is 0 Å². The van der Waals surface area contributed by atoms with Gasteiger partial charge in [-0.2, -0.15) is 0 Å². The van der Waals surface area contributed by atoms with Crippen molar-refractivity contribution in [1.29, 1.82) is 0 Å². The molecule has 1 aliphatic rings. The third-order valence-corrected chi connectivity index (χ3v) is 6.99. The normalized spacial score (nSPS) is 18.1. The minimum absolute atomic E-state index is 0.0161. The summed E-state index contributed by atoms with van der Waals surface area (Å²) in [6, 6.07) is 9.82. The van der Waals surface area contributed by atoms with Crippen molar-refractivity contribution in [2.24, 2.45) is 13.0 Å². The average Bonchev–Trinajstić information content (AvgIpc) is 3.39. The predicted octanol–water partition coefficient (Wildman–Crippen LogP) is 4.77. The molecule has 0 radical (unpaired) electrons. The number of aryl methyl sites for hydroxylation is 1. The van der Waals surface area contributed by atoms with E-state index in [4.69, 9.17) is 11.6 Å². The van der Waals surface area contributed by atoms with Crippen molar-refractivity contribution in [3.63, 3.8) is 0 Å². The van der Waals surface area contributed by atoms with Gasteiger partial charge in [-0.3, -0.25) is 9.59 Å². The number of hydrogen-bond acceptors (Lipinski definition) is 3. The summed E-state index contributed by atoms with van der Waals surface area (Å²) < 4.78 is 16.8. The number of aliphatic hydroxyl groups is 1. The molecule has 0 spiro atoms. The Bertz CT molecular complexity index is 1240. The van der Waals surface area contributed by atoms with Gasteiger partial charge in [-0.05, 0) is 42.5 Å². The molecule has 180 valence electrons. The largest absolute Gasteiger partial charge is 0.394 e. The van der Waals surface area contributed by atoms with Crippen molar-refractivity contribution < 1.29 is 19.1 Å². The lowest BCUT2D eigenvalue weighted by Gasteiger charge is -2.32. The summed E-state index contributed by atoms with van der Waals surface area (Å²) in [7, 11) is 1.85. The monoisotopic (exact) mass is 485 g/mol. The molecule has 34 heavy (non-hydrogen) atoms. The number of likely N-dealkylation sites (tertiary alicyclic amines) is 1. The van der Waals surface area contributed by atoms with Gasteiger partial charge in [-0.1, -0.05) is 43.6 Å². The first-order chi connectivity index (χ1) is 16.2. The zero-order valence-electron chi connectivity index (χ0n) is 19.5. The topological polar surface area (TPSA) is 74.6 Å². The number of benzene rings is 2. The van der Waals surface area contributed by atoms with Gasteiger partial charge >= 0.3 is 0 Å². The summed E-state index contributed by atoms with van der Waals surface area (Å²) in [6.07, 6.45) is 3.10.